The van der Waals surface area contributed by atoms with Crippen molar-refractivity contribution in [3.05, 3.63) is 17.5 Å². The molecule has 6 nitrogen and oxygen atoms in total. The summed E-state index contributed by atoms with van der Waals surface area (Å²) in [4.78, 5) is 19.1. The van der Waals surface area contributed by atoms with Crippen molar-refractivity contribution in [1.29, 1.82) is 0 Å². The van der Waals surface area contributed by atoms with Gasteiger partial charge < -0.3 is 10.6 Å². The third kappa shape index (κ3) is 2.49. The zero-order valence-electron chi connectivity index (χ0n) is 12.9. The predicted octanol–water partition coefficient (Wildman–Crippen LogP) is 1.34. The Bertz CT molecular complexity index is 865. The van der Waals surface area contributed by atoms with Gasteiger partial charge in [-0.2, -0.15) is 5.10 Å². The molecule has 1 aliphatic heterocycles. The lowest BCUT2D eigenvalue weighted by Gasteiger charge is -2.35. The Labute approximate surface area is 134 Å². The number of nitrogens with zero attached hydrogens (tertiary/aromatic N) is 3. The number of aromatic amines is 1. The standard InChI is InChI=1S/C17H17N5O/c1-3-5-6-7-11-9-13-14(17(23)22(11)8-4-2)15(18)12-10-19-21-16(12)20-13/h2,10-11H,6-9H2,1H3,(H3,18,19,20,21). The van der Waals surface area contributed by atoms with E-state index < -0.39 is 0 Å². The molecule has 2 aromatic heterocycles. The second-order valence-corrected chi connectivity index (χ2v) is 5.44. The van der Waals surface area contributed by atoms with Crippen LogP contribution in [0.1, 0.15) is 35.8 Å². The first-order valence-corrected chi connectivity index (χ1v) is 7.42. The van der Waals surface area contributed by atoms with Crippen molar-refractivity contribution in [2.75, 3.05) is 12.3 Å². The number of hydrogen-bond acceptors (Lipinski definition) is 4. The number of anilines is 1. The minimum absolute atomic E-state index is 0.0147. The minimum Gasteiger partial charge on any atom is -0.397 e. The molecule has 3 heterocycles. The Balaban J connectivity index is 2.05. The number of pyridine rings is 1. The summed E-state index contributed by atoms with van der Waals surface area (Å²) in [6.07, 6.45) is 9.11. The highest BCUT2D eigenvalue weighted by molar-refractivity contribution is 6.07. The quantitative estimate of drug-likeness (QED) is 0.838. The Hall–Kier alpha value is -2.99. The van der Waals surface area contributed by atoms with E-state index in [2.05, 4.69) is 32.9 Å². The van der Waals surface area contributed by atoms with E-state index in [1.165, 1.54) is 0 Å². The van der Waals surface area contributed by atoms with E-state index in [-0.39, 0.29) is 18.5 Å². The van der Waals surface area contributed by atoms with Gasteiger partial charge in [0.1, 0.15) is 0 Å². The van der Waals surface area contributed by atoms with Gasteiger partial charge in [-0.15, -0.1) is 18.3 Å². The minimum atomic E-state index is -0.160. The fraction of sp³-hybridized carbons (Fsp3) is 0.353. The molecule has 1 atom stereocenters. The SMILES string of the molecule is C#CCN1C(=O)c2c(nc3[nH]ncc3c2N)CC1CCC#CC. The molecule has 0 spiro atoms. The van der Waals surface area contributed by atoms with Crippen molar-refractivity contribution in [2.24, 2.45) is 0 Å². The summed E-state index contributed by atoms with van der Waals surface area (Å²) in [5.74, 6) is 8.30. The predicted molar refractivity (Wildman–Crippen MR) is 88.3 cm³/mol. The number of nitrogen functional groups attached to an aromatic ring is 1. The first-order chi connectivity index (χ1) is 11.2. The number of amides is 1. The van der Waals surface area contributed by atoms with E-state index in [1.54, 1.807) is 18.0 Å². The molecule has 0 saturated carbocycles. The second-order valence-electron chi connectivity index (χ2n) is 5.44. The maximum absolute atomic E-state index is 12.9. The molecular formula is C17H17N5O. The van der Waals surface area contributed by atoms with Gasteiger partial charge in [0.15, 0.2) is 5.65 Å². The molecule has 0 aliphatic carbocycles. The molecule has 1 aliphatic rings. The molecule has 0 radical (unpaired) electrons. The van der Waals surface area contributed by atoms with Crippen molar-refractivity contribution in [3.8, 4) is 24.2 Å². The number of hydrogen-bond donors (Lipinski definition) is 2. The van der Waals surface area contributed by atoms with Gasteiger partial charge in [-0.25, -0.2) is 4.98 Å². The first kappa shape index (κ1) is 14.9. The van der Waals surface area contributed by atoms with Crippen LogP contribution < -0.4 is 5.73 Å². The van der Waals surface area contributed by atoms with Crippen LogP contribution in [0.2, 0.25) is 0 Å². The van der Waals surface area contributed by atoms with Gasteiger partial charge in [-0.1, -0.05) is 5.92 Å². The van der Waals surface area contributed by atoms with Gasteiger partial charge in [-0.3, -0.25) is 9.89 Å². The Morgan fingerprint density at radius 2 is 2.39 bits per heavy atom. The molecule has 3 rings (SSSR count). The zero-order chi connectivity index (χ0) is 16.4. The summed E-state index contributed by atoms with van der Waals surface area (Å²) in [5.41, 5.74) is 8.35. The van der Waals surface area contributed by atoms with Crippen molar-refractivity contribution in [1.82, 2.24) is 20.1 Å². The molecule has 0 fully saturated rings. The first-order valence-electron chi connectivity index (χ1n) is 7.42. The van der Waals surface area contributed by atoms with Crippen molar-refractivity contribution < 1.29 is 4.79 Å². The van der Waals surface area contributed by atoms with Crippen LogP contribution in [0.4, 0.5) is 5.69 Å². The number of rotatable bonds is 3. The molecule has 1 amide bonds. The van der Waals surface area contributed by atoms with Crippen LogP contribution in [0.5, 0.6) is 0 Å². The number of terminal acetylenes is 1. The highest BCUT2D eigenvalue weighted by atomic mass is 16.2. The molecule has 116 valence electrons. The Morgan fingerprint density at radius 1 is 1.57 bits per heavy atom. The molecule has 23 heavy (non-hydrogen) atoms. The Morgan fingerprint density at radius 3 is 3.13 bits per heavy atom. The number of carbonyl (C=O) groups excluding carboxylic acids is 1. The largest absolute Gasteiger partial charge is 0.397 e. The molecule has 3 N–H and O–H groups in total. The fourth-order valence-electron chi connectivity index (χ4n) is 2.99. The lowest BCUT2D eigenvalue weighted by Crippen LogP contribution is -2.46. The molecule has 6 heteroatoms. The van der Waals surface area contributed by atoms with Crippen LogP contribution in [0.15, 0.2) is 6.20 Å². The van der Waals surface area contributed by atoms with Gasteiger partial charge in [-0.05, 0) is 13.3 Å². The summed E-state index contributed by atoms with van der Waals surface area (Å²) in [7, 11) is 0. The number of carbonyl (C=O) groups is 1. The van der Waals surface area contributed by atoms with Crippen LogP contribution in [0, 0.1) is 24.2 Å². The Kier molecular flexibility index (Phi) is 3.91. The molecular weight excluding hydrogens is 290 g/mol. The maximum Gasteiger partial charge on any atom is 0.258 e. The highest BCUT2D eigenvalue weighted by Crippen LogP contribution is 2.32. The van der Waals surface area contributed by atoms with E-state index in [4.69, 9.17) is 12.2 Å². The van der Waals surface area contributed by atoms with E-state index in [0.29, 0.717) is 40.8 Å². The topological polar surface area (TPSA) is 87.9 Å². The van der Waals surface area contributed by atoms with Gasteiger partial charge in [0.05, 0.1) is 35.1 Å². The molecule has 0 aromatic carbocycles. The van der Waals surface area contributed by atoms with Crippen molar-refractivity contribution in [2.45, 2.75) is 32.2 Å². The number of nitrogens with one attached hydrogen (secondary N) is 1. The average Bonchev–Trinajstić information content (AvgIpc) is 2.99. The summed E-state index contributed by atoms with van der Waals surface area (Å²) < 4.78 is 0. The number of H-pyrrole nitrogens is 1. The van der Waals surface area contributed by atoms with Crippen LogP contribution in [0.25, 0.3) is 11.0 Å². The van der Waals surface area contributed by atoms with Gasteiger partial charge in [0, 0.05) is 18.9 Å². The second kappa shape index (κ2) is 6.02. The summed E-state index contributed by atoms with van der Waals surface area (Å²) in [6.45, 7) is 2.06. The van der Waals surface area contributed by atoms with E-state index in [9.17, 15) is 4.79 Å². The number of aromatic nitrogens is 3. The normalized spacial score (nSPS) is 16.6. The van der Waals surface area contributed by atoms with Gasteiger partial charge in [0.25, 0.3) is 5.91 Å². The summed E-state index contributed by atoms with van der Waals surface area (Å²) >= 11 is 0. The van der Waals surface area contributed by atoms with Crippen LogP contribution in [-0.4, -0.2) is 38.6 Å². The molecule has 1 unspecified atom stereocenters. The van der Waals surface area contributed by atoms with Crippen LogP contribution in [-0.2, 0) is 6.42 Å². The molecule has 2 aromatic rings. The zero-order valence-corrected chi connectivity index (χ0v) is 12.9. The maximum atomic E-state index is 12.9. The van der Waals surface area contributed by atoms with E-state index >= 15 is 0 Å². The fourth-order valence-corrected chi connectivity index (χ4v) is 2.99. The van der Waals surface area contributed by atoms with E-state index in [1.807, 2.05) is 0 Å². The van der Waals surface area contributed by atoms with Crippen molar-refractivity contribution >= 4 is 22.6 Å². The van der Waals surface area contributed by atoms with Crippen LogP contribution >= 0.6 is 0 Å². The number of fused-ring (bicyclic) bond motifs is 2. The molecule has 0 bridgehead atoms. The third-order valence-electron chi connectivity index (χ3n) is 4.10. The molecule has 0 saturated heterocycles. The van der Waals surface area contributed by atoms with E-state index in [0.717, 1.165) is 6.42 Å². The summed E-state index contributed by atoms with van der Waals surface area (Å²) in [5, 5.41) is 7.42. The van der Waals surface area contributed by atoms with Gasteiger partial charge in [0.2, 0.25) is 0 Å². The van der Waals surface area contributed by atoms with Crippen molar-refractivity contribution in [3.63, 3.8) is 0 Å². The summed E-state index contributed by atoms with van der Waals surface area (Å²) in [6, 6.07) is -0.0147. The lowest BCUT2D eigenvalue weighted by molar-refractivity contribution is 0.0671. The van der Waals surface area contributed by atoms with Crippen LogP contribution in [0.3, 0.4) is 0 Å². The monoisotopic (exact) mass is 307 g/mol. The van der Waals surface area contributed by atoms with Gasteiger partial charge >= 0.3 is 0 Å². The average molecular weight is 307 g/mol. The number of nitrogens with two attached hydrogens (primary N) is 1. The third-order valence-corrected chi connectivity index (χ3v) is 4.10. The smallest absolute Gasteiger partial charge is 0.258 e. The lowest BCUT2D eigenvalue weighted by atomic mass is 9.93. The highest BCUT2D eigenvalue weighted by Gasteiger charge is 2.35.